The minimum Gasteiger partial charge on any atom is -0.356 e. The maximum Gasteiger partial charge on any atom is 0.423 e. The first kappa shape index (κ1) is 14.1. The Kier molecular flexibility index (Phi) is 4.15. The molecule has 16 heavy (non-hydrogen) atoms. The SMILES string of the molecule is FC(F)(F)C(OC1CCCC1Br)C(F)(F)F. The van der Waals surface area contributed by atoms with E-state index in [2.05, 4.69) is 20.7 Å². The number of halogens is 7. The number of hydrogen-bond acceptors (Lipinski definition) is 1. The maximum atomic E-state index is 12.1. The summed E-state index contributed by atoms with van der Waals surface area (Å²) in [4.78, 5) is -0.445. The van der Waals surface area contributed by atoms with Gasteiger partial charge in [-0.3, -0.25) is 0 Å². The van der Waals surface area contributed by atoms with Crippen LogP contribution in [0.5, 0.6) is 0 Å². The van der Waals surface area contributed by atoms with Crippen LogP contribution in [0.4, 0.5) is 26.3 Å². The molecule has 0 N–H and O–H groups in total. The lowest BCUT2D eigenvalue weighted by Crippen LogP contribution is -2.47. The van der Waals surface area contributed by atoms with E-state index in [-0.39, 0.29) is 6.42 Å². The van der Waals surface area contributed by atoms with Crippen molar-refractivity contribution in [2.75, 3.05) is 0 Å². The molecule has 0 radical (unpaired) electrons. The van der Waals surface area contributed by atoms with Crippen LogP contribution in [0, 0.1) is 0 Å². The van der Waals surface area contributed by atoms with Crippen molar-refractivity contribution in [3.8, 4) is 0 Å². The predicted molar refractivity (Wildman–Crippen MR) is 47.3 cm³/mol. The van der Waals surface area contributed by atoms with Gasteiger partial charge >= 0.3 is 12.4 Å². The van der Waals surface area contributed by atoms with Crippen LogP contribution >= 0.6 is 15.9 Å². The van der Waals surface area contributed by atoms with E-state index in [1.807, 2.05) is 0 Å². The first-order chi connectivity index (χ1) is 7.12. The normalized spacial score (nSPS) is 27.8. The van der Waals surface area contributed by atoms with Gasteiger partial charge in [-0.25, -0.2) is 0 Å². The molecular formula is C8H9BrF6O. The Balaban J connectivity index is 2.72. The topological polar surface area (TPSA) is 9.23 Å². The monoisotopic (exact) mass is 314 g/mol. The summed E-state index contributed by atoms with van der Waals surface area (Å²) in [5, 5.41) is 0. The van der Waals surface area contributed by atoms with Crippen molar-refractivity contribution in [3.05, 3.63) is 0 Å². The zero-order chi connectivity index (χ0) is 12.6. The maximum absolute atomic E-state index is 12.1. The van der Waals surface area contributed by atoms with Gasteiger partial charge in [0.2, 0.25) is 6.10 Å². The Morgan fingerprint density at radius 2 is 1.50 bits per heavy atom. The zero-order valence-corrected chi connectivity index (χ0v) is 9.49. The summed E-state index contributed by atoms with van der Waals surface area (Å²) in [5.41, 5.74) is 0. The van der Waals surface area contributed by atoms with Crippen LogP contribution in [0.15, 0.2) is 0 Å². The highest BCUT2D eigenvalue weighted by atomic mass is 79.9. The lowest BCUT2D eigenvalue weighted by molar-refractivity contribution is -0.330. The van der Waals surface area contributed by atoms with E-state index in [9.17, 15) is 26.3 Å². The van der Waals surface area contributed by atoms with Crippen molar-refractivity contribution in [2.24, 2.45) is 0 Å². The second-order valence-electron chi connectivity index (χ2n) is 3.58. The largest absolute Gasteiger partial charge is 0.423 e. The van der Waals surface area contributed by atoms with E-state index in [1.54, 1.807) is 0 Å². The Hall–Kier alpha value is 0.0200. The molecule has 0 aromatic carbocycles. The van der Waals surface area contributed by atoms with Crippen molar-refractivity contribution in [1.82, 2.24) is 0 Å². The van der Waals surface area contributed by atoms with Gasteiger partial charge in [0, 0.05) is 4.83 Å². The third-order valence-corrected chi connectivity index (χ3v) is 3.32. The third kappa shape index (κ3) is 3.51. The fourth-order valence-corrected chi connectivity index (χ4v) is 2.26. The molecule has 1 aliphatic rings. The molecule has 0 amide bonds. The molecule has 0 aliphatic heterocycles. The van der Waals surface area contributed by atoms with Gasteiger partial charge in [-0.1, -0.05) is 15.9 Å². The molecule has 2 atom stereocenters. The minimum absolute atomic E-state index is 0.207. The summed E-state index contributed by atoms with van der Waals surface area (Å²) in [6.45, 7) is 0. The van der Waals surface area contributed by atoms with Crippen LogP contribution in [0.1, 0.15) is 19.3 Å². The highest BCUT2D eigenvalue weighted by Crippen LogP contribution is 2.39. The summed E-state index contributed by atoms with van der Waals surface area (Å²) >= 11 is 3.01. The van der Waals surface area contributed by atoms with E-state index in [0.29, 0.717) is 12.8 Å². The molecule has 0 aromatic rings. The van der Waals surface area contributed by atoms with Gasteiger partial charge in [-0.15, -0.1) is 0 Å². The molecule has 1 nitrogen and oxygen atoms in total. The third-order valence-electron chi connectivity index (χ3n) is 2.28. The van der Waals surface area contributed by atoms with Crippen LogP contribution in [0.25, 0.3) is 0 Å². The van der Waals surface area contributed by atoms with Crippen molar-refractivity contribution < 1.29 is 31.1 Å². The molecule has 0 saturated heterocycles. The summed E-state index contributed by atoms with van der Waals surface area (Å²) in [6.07, 6.45) is -14.3. The minimum atomic E-state index is -5.42. The summed E-state index contributed by atoms with van der Waals surface area (Å²) < 4.78 is 77.0. The molecule has 2 unspecified atom stereocenters. The molecule has 0 bridgehead atoms. The highest BCUT2D eigenvalue weighted by molar-refractivity contribution is 9.09. The Bertz CT molecular complexity index is 224. The quantitative estimate of drug-likeness (QED) is 0.556. The van der Waals surface area contributed by atoms with Crippen molar-refractivity contribution in [3.63, 3.8) is 0 Å². The van der Waals surface area contributed by atoms with Gasteiger partial charge in [0.05, 0.1) is 6.10 Å². The van der Waals surface area contributed by atoms with Crippen LogP contribution < -0.4 is 0 Å². The second-order valence-corrected chi connectivity index (χ2v) is 4.76. The molecule has 1 saturated carbocycles. The van der Waals surface area contributed by atoms with Crippen LogP contribution in [0.3, 0.4) is 0 Å². The molecule has 8 heteroatoms. The number of alkyl halides is 7. The van der Waals surface area contributed by atoms with Crippen LogP contribution in [0.2, 0.25) is 0 Å². The second kappa shape index (κ2) is 4.72. The first-order valence-electron chi connectivity index (χ1n) is 4.55. The van der Waals surface area contributed by atoms with Gasteiger partial charge in [-0.2, -0.15) is 26.3 Å². The van der Waals surface area contributed by atoms with E-state index in [1.165, 1.54) is 0 Å². The number of ether oxygens (including phenoxy) is 1. The molecule has 1 fully saturated rings. The Labute approximate surface area is 96.3 Å². The van der Waals surface area contributed by atoms with Crippen molar-refractivity contribution in [1.29, 1.82) is 0 Å². The van der Waals surface area contributed by atoms with Crippen LogP contribution in [-0.2, 0) is 4.74 Å². The highest BCUT2D eigenvalue weighted by Gasteiger charge is 2.59. The van der Waals surface area contributed by atoms with Crippen molar-refractivity contribution in [2.45, 2.75) is 48.7 Å². The molecule has 1 aliphatic carbocycles. The first-order valence-corrected chi connectivity index (χ1v) is 5.47. The summed E-state index contributed by atoms with van der Waals surface area (Å²) in [6, 6.07) is 0. The molecular weight excluding hydrogens is 306 g/mol. The van der Waals surface area contributed by atoms with E-state index in [4.69, 9.17) is 0 Å². The van der Waals surface area contributed by atoms with Gasteiger partial charge < -0.3 is 4.74 Å². The van der Waals surface area contributed by atoms with Crippen molar-refractivity contribution >= 4 is 15.9 Å². The van der Waals surface area contributed by atoms with Gasteiger partial charge in [-0.05, 0) is 19.3 Å². The lowest BCUT2D eigenvalue weighted by atomic mass is 10.2. The molecule has 1 rings (SSSR count). The van der Waals surface area contributed by atoms with Gasteiger partial charge in [0.15, 0.2) is 0 Å². The number of hydrogen-bond donors (Lipinski definition) is 0. The standard InChI is InChI=1S/C8H9BrF6O/c9-4-2-1-3-5(4)16-6(7(10,11)12)8(13,14)15/h4-6H,1-3H2. The molecule has 0 spiro atoms. The predicted octanol–water partition coefficient (Wildman–Crippen LogP) is 3.81. The Morgan fingerprint density at radius 3 is 1.81 bits per heavy atom. The average Bonchev–Trinajstić information content (AvgIpc) is 2.42. The van der Waals surface area contributed by atoms with Gasteiger partial charge in [0.1, 0.15) is 0 Å². The molecule has 0 heterocycles. The van der Waals surface area contributed by atoms with Crippen LogP contribution in [-0.4, -0.2) is 29.4 Å². The molecule has 96 valence electrons. The smallest absolute Gasteiger partial charge is 0.356 e. The molecule has 0 aromatic heterocycles. The lowest BCUT2D eigenvalue weighted by Gasteiger charge is -2.27. The Morgan fingerprint density at radius 1 is 1.00 bits per heavy atom. The van der Waals surface area contributed by atoms with E-state index < -0.39 is 29.4 Å². The summed E-state index contributed by atoms with van der Waals surface area (Å²) in [5.74, 6) is 0. The van der Waals surface area contributed by atoms with E-state index >= 15 is 0 Å². The zero-order valence-electron chi connectivity index (χ0n) is 7.91. The average molecular weight is 315 g/mol. The summed E-state index contributed by atoms with van der Waals surface area (Å²) in [7, 11) is 0. The van der Waals surface area contributed by atoms with Gasteiger partial charge in [0.25, 0.3) is 0 Å². The fourth-order valence-electron chi connectivity index (χ4n) is 1.55. The number of rotatable bonds is 2. The van der Waals surface area contributed by atoms with E-state index in [0.717, 1.165) is 0 Å². The fraction of sp³-hybridized carbons (Fsp3) is 1.00.